The van der Waals surface area contributed by atoms with E-state index < -0.39 is 0 Å². The van der Waals surface area contributed by atoms with E-state index >= 15 is 0 Å². The molecule has 0 aliphatic carbocycles. The van der Waals surface area contributed by atoms with Crippen molar-refractivity contribution in [1.82, 2.24) is 30.3 Å². The van der Waals surface area contributed by atoms with Crippen LogP contribution in [0.2, 0.25) is 10.0 Å². The lowest BCUT2D eigenvalue weighted by atomic mass is 10.3. The minimum absolute atomic E-state index is 0.456. The van der Waals surface area contributed by atoms with Gasteiger partial charge in [0.1, 0.15) is 0 Å². The molecule has 1 saturated heterocycles. The quantitative estimate of drug-likeness (QED) is 0.729. The second-order valence-corrected chi connectivity index (χ2v) is 5.66. The fourth-order valence-corrected chi connectivity index (χ4v) is 2.84. The van der Waals surface area contributed by atoms with Gasteiger partial charge in [-0.2, -0.15) is 4.52 Å². The van der Waals surface area contributed by atoms with Crippen LogP contribution < -0.4 is 10.2 Å². The molecule has 0 atom stereocenters. The maximum Gasteiger partial charge on any atom is 0.222 e. The van der Waals surface area contributed by atoms with Gasteiger partial charge < -0.3 is 10.2 Å². The third-order valence-electron chi connectivity index (χ3n) is 3.56. The van der Waals surface area contributed by atoms with Gasteiger partial charge in [0, 0.05) is 26.2 Å². The number of piperazine rings is 1. The Balaban J connectivity index is 2.00. The molecule has 108 valence electrons. The van der Waals surface area contributed by atoms with Crippen LogP contribution in [0.25, 0.3) is 16.7 Å². The number of hydrogen-bond acceptors (Lipinski definition) is 6. The number of rotatable bonds is 1. The molecule has 0 radical (unpaired) electrons. The lowest BCUT2D eigenvalue weighted by Gasteiger charge is -2.28. The molecular weight excluding hydrogens is 313 g/mol. The summed E-state index contributed by atoms with van der Waals surface area (Å²) in [6.07, 6.45) is 0. The zero-order valence-electron chi connectivity index (χ0n) is 10.9. The summed E-state index contributed by atoms with van der Waals surface area (Å²) in [7, 11) is 0. The third kappa shape index (κ3) is 2.08. The van der Waals surface area contributed by atoms with E-state index in [9.17, 15) is 0 Å². The van der Waals surface area contributed by atoms with Crippen molar-refractivity contribution in [3.8, 4) is 0 Å². The standard InChI is InChI=1S/C12H11Cl2N7/c13-7-5-9-10(6-8(7)14)21-12(17-18-19-21)11(16-9)20-3-1-15-2-4-20/h5-6,15H,1-4H2. The number of aromatic nitrogens is 5. The fourth-order valence-electron chi connectivity index (χ4n) is 2.53. The molecule has 0 unspecified atom stereocenters. The first-order valence-corrected chi connectivity index (χ1v) is 7.32. The number of nitrogens with zero attached hydrogens (tertiary/aromatic N) is 6. The summed E-state index contributed by atoms with van der Waals surface area (Å²) in [6.45, 7) is 3.55. The molecule has 3 heterocycles. The Kier molecular flexibility index (Phi) is 3.06. The van der Waals surface area contributed by atoms with Crippen LogP contribution in [-0.2, 0) is 0 Å². The van der Waals surface area contributed by atoms with Crippen molar-refractivity contribution >= 4 is 45.7 Å². The molecule has 1 aliphatic heterocycles. The van der Waals surface area contributed by atoms with Gasteiger partial charge in [0.25, 0.3) is 0 Å². The van der Waals surface area contributed by atoms with Crippen LogP contribution in [0.5, 0.6) is 0 Å². The van der Waals surface area contributed by atoms with Crippen LogP contribution >= 0.6 is 23.2 Å². The highest BCUT2D eigenvalue weighted by molar-refractivity contribution is 6.42. The van der Waals surface area contributed by atoms with Crippen molar-refractivity contribution in [3.63, 3.8) is 0 Å². The van der Waals surface area contributed by atoms with E-state index in [1.54, 1.807) is 16.6 Å². The van der Waals surface area contributed by atoms with Crippen molar-refractivity contribution in [1.29, 1.82) is 0 Å². The number of halogens is 2. The average molecular weight is 324 g/mol. The average Bonchev–Trinajstić information content (AvgIpc) is 2.99. The van der Waals surface area contributed by atoms with E-state index in [4.69, 9.17) is 28.2 Å². The van der Waals surface area contributed by atoms with E-state index in [-0.39, 0.29) is 0 Å². The molecular formula is C12H11Cl2N7. The molecule has 0 bridgehead atoms. The zero-order valence-corrected chi connectivity index (χ0v) is 12.4. The zero-order chi connectivity index (χ0) is 14.4. The lowest BCUT2D eigenvalue weighted by molar-refractivity contribution is 0.586. The van der Waals surface area contributed by atoms with Crippen LogP contribution in [-0.4, -0.2) is 51.2 Å². The molecule has 1 aromatic carbocycles. The summed E-state index contributed by atoms with van der Waals surface area (Å²) in [5.41, 5.74) is 2.09. The topological polar surface area (TPSA) is 71.2 Å². The molecule has 0 amide bonds. The Morgan fingerprint density at radius 1 is 1.10 bits per heavy atom. The highest BCUT2D eigenvalue weighted by atomic mass is 35.5. The second kappa shape index (κ2) is 4.94. The number of hydrogen-bond donors (Lipinski definition) is 1. The van der Waals surface area contributed by atoms with Gasteiger partial charge in [-0.1, -0.05) is 23.2 Å². The number of anilines is 1. The van der Waals surface area contributed by atoms with Crippen LogP contribution in [0.1, 0.15) is 0 Å². The first-order valence-electron chi connectivity index (χ1n) is 6.56. The minimum atomic E-state index is 0.456. The minimum Gasteiger partial charge on any atom is -0.351 e. The van der Waals surface area contributed by atoms with Gasteiger partial charge in [0.05, 0.1) is 21.1 Å². The van der Waals surface area contributed by atoms with Crippen LogP contribution in [0.3, 0.4) is 0 Å². The van der Waals surface area contributed by atoms with E-state index in [0.29, 0.717) is 15.7 Å². The van der Waals surface area contributed by atoms with Gasteiger partial charge in [0.2, 0.25) is 5.65 Å². The van der Waals surface area contributed by atoms with Crippen molar-refractivity contribution < 1.29 is 0 Å². The van der Waals surface area contributed by atoms with Gasteiger partial charge in [0.15, 0.2) is 5.82 Å². The number of fused-ring (bicyclic) bond motifs is 3. The molecule has 7 nitrogen and oxygen atoms in total. The SMILES string of the molecule is Clc1cc2nc(N3CCNCC3)c3nnnn3c2cc1Cl. The summed E-state index contributed by atoms with van der Waals surface area (Å²) in [4.78, 5) is 6.86. The Hall–Kier alpha value is -1.70. The third-order valence-corrected chi connectivity index (χ3v) is 4.28. The number of benzene rings is 1. The van der Waals surface area contributed by atoms with Crippen LogP contribution in [0.15, 0.2) is 12.1 Å². The highest BCUT2D eigenvalue weighted by Crippen LogP contribution is 2.29. The maximum atomic E-state index is 6.09. The molecule has 1 fully saturated rings. The molecule has 4 rings (SSSR count). The number of tetrazole rings is 1. The van der Waals surface area contributed by atoms with Gasteiger partial charge in [-0.3, -0.25) is 0 Å². The van der Waals surface area contributed by atoms with Crippen molar-refractivity contribution in [2.75, 3.05) is 31.1 Å². The molecule has 1 aliphatic rings. The van der Waals surface area contributed by atoms with Crippen LogP contribution in [0, 0.1) is 0 Å². The predicted octanol–water partition coefficient (Wildman–Crippen LogP) is 1.39. The molecule has 21 heavy (non-hydrogen) atoms. The first-order chi connectivity index (χ1) is 10.2. The normalized spacial score (nSPS) is 16.0. The van der Waals surface area contributed by atoms with E-state index in [1.807, 2.05) is 0 Å². The molecule has 9 heteroatoms. The Bertz CT molecular complexity index is 825. The first kappa shape index (κ1) is 13.0. The molecule has 3 aromatic rings. The monoisotopic (exact) mass is 323 g/mol. The van der Waals surface area contributed by atoms with E-state index in [0.717, 1.165) is 43.0 Å². The van der Waals surface area contributed by atoms with Crippen LogP contribution in [0.4, 0.5) is 5.82 Å². The Labute approximate surface area is 129 Å². The van der Waals surface area contributed by atoms with Gasteiger partial charge in [-0.15, -0.1) is 5.10 Å². The van der Waals surface area contributed by atoms with Gasteiger partial charge in [-0.05, 0) is 22.6 Å². The maximum absolute atomic E-state index is 6.09. The Morgan fingerprint density at radius 3 is 2.67 bits per heavy atom. The van der Waals surface area contributed by atoms with Crippen molar-refractivity contribution in [2.45, 2.75) is 0 Å². The van der Waals surface area contributed by atoms with Crippen molar-refractivity contribution in [3.05, 3.63) is 22.2 Å². The summed E-state index contributed by atoms with van der Waals surface area (Å²) < 4.78 is 1.65. The molecule has 1 N–H and O–H groups in total. The van der Waals surface area contributed by atoms with Gasteiger partial charge >= 0.3 is 0 Å². The summed E-state index contributed by atoms with van der Waals surface area (Å²) in [6, 6.07) is 3.48. The summed E-state index contributed by atoms with van der Waals surface area (Å²) in [5.74, 6) is 0.771. The lowest BCUT2D eigenvalue weighted by Crippen LogP contribution is -2.44. The fraction of sp³-hybridized carbons (Fsp3) is 0.333. The highest BCUT2D eigenvalue weighted by Gasteiger charge is 2.19. The van der Waals surface area contributed by atoms with E-state index in [2.05, 4.69) is 25.7 Å². The van der Waals surface area contributed by atoms with Gasteiger partial charge in [-0.25, -0.2) is 4.98 Å². The summed E-state index contributed by atoms with van der Waals surface area (Å²) >= 11 is 12.2. The Morgan fingerprint density at radius 2 is 1.86 bits per heavy atom. The second-order valence-electron chi connectivity index (χ2n) is 4.84. The predicted molar refractivity (Wildman–Crippen MR) is 81.2 cm³/mol. The van der Waals surface area contributed by atoms with E-state index in [1.165, 1.54) is 0 Å². The smallest absolute Gasteiger partial charge is 0.222 e. The molecule has 0 spiro atoms. The molecule has 0 saturated carbocycles. The summed E-state index contributed by atoms with van der Waals surface area (Å²) in [5, 5.41) is 16.1. The molecule has 2 aromatic heterocycles. The largest absolute Gasteiger partial charge is 0.351 e. The van der Waals surface area contributed by atoms with Crippen molar-refractivity contribution in [2.24, 2.45) is 0 Å². The number of nitrogens with one attached hydrogen (secondary N) is 1.